The van der Waals surface area contributed by atoms with Crippen LogP contribution in [0.2, 0.25) is 10.0 Å². The fraction of sp³-hybridized carbons (Fsp3) is 0.0800. The van der Waals surface area contributed by atoms with Crippen LogP contribution in [0.5, 0.6) is 5.88 Å². The van der Waals surface area contributed by atoms with Crippen molar-refractivity contribution in [1.29, 1.82) is 0 Å². The average Bonchev–Trinajstić information content (AvgIpc) is 2.80. The summed E-state index contributed by atoms with van der Waals surface area (Å²) in [6.45, 7) is 0. The van der Waals surface area contributed by atoms with Crippen molar-refractivity contribution in [2.45, 2.75) is 6.42 Å². The van der Waals surface area contributed by atoms with E-state index < -0.39 is 5.91 Å². The van der Waals surface area contributed by atoms with Gasteiger partial charge >= 0.3 is 0 Å². The Morgan fingerprint density at radius 1 is 1.06 bits per heavy atom. The molecule has 0 atom stereocenters. The number of fused-ring (bicyclic) bond motifs is 1. The van der Waals surface area contributed by atoms with Gasteiger partial charge in [0.05, 0.1) is 28.4 Å². The molecular weight excluding hydrogens is 447 g/mol. The third-order valence-electron chi connectivity index (χ3n) is 4.79. The number of nitrogens with zero attached hydrogens (tertiary/aromatic N) is 1. The number of ketones is 1. The minimum Gasteiger partial charge on any atom is -0.481 e. The molecule has 3 aromatic rings. The molecule has 1 amide bonds. The Labute approximate surface area is 195 Å². The van der Waals surface area contributed by atoms with E-state index >= 15 is 0 Å². The van der Waals surface area contributed by atoms with E-state index in [0.717, 1.165) is 5.56 Å². The molecular formula is C25H16Cl2N2O3. The second-order valence-electron chi connectivity index (χ2n) is 6.96. The normalized spacial score (nSPS) is 13.8. The van der Waals surface area contributed by atoms with Crippen LogP contribution in [-0.4, -0.2) is 23.8 Å². The maximum atomic E-state index is 13.0. The number of pyridine rings is 1. The molecule has 0 fully saturated rings. The monoisotopic (exact) mass is 462 g/mol. The number of rotatable bonds is 3. The first-order chi connectivity index (χ1) is 15.4. The summed E-state index contributed by atoms with van der Waals surface area (Å²) in [7, 11) is 1.56. The number of hydrogen-bond acceptors (Lipinski definition) is 4. The fourth-order valence-electron chi connectivity index (χ4n) is 3.14. The van der Waals surface area contributed by atoms with Gasteiger partial charge in [-0.1, -0.05) is 47.2 Å². The highest BCUT2D eigenvalue weighted by atomic mass is 35.5. The van der Waals surface area contributed by atoms with Crippen molar-refractivity contribution in [3.63, 3.8) is 0 Å². The van der Waals surface area contributed by atoms with Crippen LogP contribution in [0, 0.1) is 11.8 Å². The topological polar surface area (TPSA) is 68.3 Å². The SMILES string of the molecule is COc1ccc(CC#Cc2ccc3c(c2)C(=O)C(=Cc2ccc(Cl)c(Cl)c2)C(=O)N3)cn1. The van der Waals surface area contributed by atoms with Crippen LogP contribution in [0.25, 0.3) is 6.08 Å². The van der Waals surface area contributed by atoms with Crippen molar-refractivity contribution in [2.75, 3.05) is 12.4 Å². The zero-order chi connectivity index (χ0) is 22.7. The number of carbonyl (C=O) groups is 2. The molecule has 0 saturated heterocycles. The summed E-state index contributed by atoms with van der Waals surface area (Å²) < 4.78 is 5.04. The molecule has 7 heteroatoms. The van der Waals surface area contributed by atoms with Crippen molar-refractivity contribution >= 4 is 46.7 Å². The van der Waals surface area contributed by atoms with E-state index in [9.17, 15) is 9.59 Å². The van der Waals surface area contributed by atoms with Crippen molar-refractivity contribution in [3.8, 4) is 17.7 Å². The number of carbonyl (C=O) groups excluding carboxylic acids is 2. The number of methoxy groups -OCH3 is 1. The van der Waals surface area contributed by atoms with Gasteiger partial charge in [-0.3, -0.25) is 9.59 Å². The lowest BCUT2D eigenvalue weighted by atomic mass is 9.94. The van der Waals surface area contributed by atoms with E-state index in [1.165, 1.54) is 6.08 Å². The predicted molar refractivity (Wildman–Crippen MR) is 125 cm³/mol. The van der Waals surface area contributed by atoms with Crippen LogP contribution >= 0.6 is 23.2 Å². The lowest BCUT2D eigenvalue weighted by molar-refractivity contribution is -0.112. The molecule has 0 bridgehead atoms. The number of amides is 1. The van der Waals surface area contributed by atoms with Crippen LogP contribution < -0.4 is 10.1 Å². The number of benzene rings is 2. The smallest absolute Gasteiger partial charge is 0.259 e. The highest BCUT2D eigenvalue weighted by Gasteiger charge is 2.28. The number of nitrogens with one attached hydrogen (secondary N) is 1. The molecule has 2 aromatic carbocycles. The van der Waals surface area contributed by atoms with Crippen molar-refractivity contribution < 1.29 is 14.3 Å². The average molecular weight is 463 g/mol. The van der Waals surface area contributed by atoms with Gasteiger partial charge in [-0.25, -0.2) is 4.98 Å². The molecule has 4 rings (SSSR count). The molecule has 0 radical (unpaired) electrons. The summed E-state index contributed by atoms with van der Waals surface area (Å²) >= 11 is 12.0. The van der Waals surface area contributed by atoms with E-state index in [1.54, 1.807) is 55.8 Å². The second kappa shape index (κ2) is 9.27. The summed E-state index contributed by atoms with van der Waals surface area (Å²) in [6.07, 6.45) is 3.71. The van der Waals surface area contributed by atoms with Crippen LogP contribution in [0.4, 0.5) is 5.69 Å². The van der Waals surface area contributed by atoms with Gasteiger partial charge in [-0.15, -0.1) is 0 Å². The van der Waals surface area contributed by atoms with Gasteiger partial charge in [0.1, 0.15) is 0 Å². The third-order valence-corrected chi connectivity index (χ3v) is 5.53. The van der Waals surface area contributed by atoms with Crippen molar-refractivity contribution in [1.82, 2.24) is 4.98 Å². The lowest BCUT2D eigenvalue weighted by Gasteiger charge is -2.18. The van der Waals surface area contributed by atoms with Crippen molar-refractivity contribution in [2.24, 2.45) is 0 Å². The summed E-state index contributed by atoms with van der Waals surface area (Å²) in [6, 6.07) is 13.7. The molecule has 1 aliphatic rings. The Hall–Kier alpha value is -3.59. The molecule has 1 N–H and O–H groups in total. The highest BCUT2D eigenvalue weighted by Crippen LogP contribution is 2.29. The quantitative estimate of drug-likeness (QED) is 0.329. The minimum atomic E-state index is -0.473. The molecule has 0 unspecified atom stereocenters. The Morgan fingerprint density at radius 3 is 2.62 bits per heavy atom. The van der Waals surface area contributed by atoms with Crippen LogP contribution in [-0.2, 0) is 11.2 Å². The molecule has 2 heterocycles. The fourth-order valence-corrected chi connectivity index (χ4v) is 3.45. The summed E-state index contributed by atoms with van der Waals surface area (Å²) in [5.41, 5.74) is 3.08. The molecule has 158 valence electrons. The zero-order valence-electron chi connectivity index (χ0n) is 16.9. The van der Waals surface area contributed by atoms with E-state index in [-0.39, 0.29) is 11.4 Å². The van der Waals surface area contributed by atoms with Crippen LogP contribution in [0.15, 0.2) is 60.3 Å². The minimum absolute atomic E-state index is 0.0188. The van der Waals surface area contributed by atoms with E-state index in [2.05, 4.69) is 22.1 Å². The molecule has 32 heavy (non-hydrogen) atoms. The highest BCUT2D eigenvalue weighted by molar-refractivity contribution is 6.42. The Morgan fingerprint density at radius 2 is 1.91 bits per heavy atom. The molecule has 0 aliphatic carbocycles. The zero-order valence-corrected chi connectivity index (χ0v) is 18.4. The molecule has 5 nitrogen and oxygen atoms in total. The number of Topliss-reactive ketones (excluding diaryl/α,β-unsaturated/α-hetero) is 1. The first-order valence-corrected chi connectivity index (χ1v) is 10.3. The molecule has 0 spiro atoms. The number of anilines is 1. The number of aromatic nitrogens is 1. The first-order valence-electron chi connectivity index (χ1n) is 9.59. The van der Waals surface area contributed by atoms with Crippen LogP contribution in [0.3, 0.4) is 0 Å². The van der Waals surface area contributed by atoms with Crippen molar-refractivity contribution in [3.05, 3.63) is 92.6 Å². The predicted octanol–water partition coefficient (Wildman–Crippen LogP) is 5.21. The van der Waals surface area contributed by atoms with Crippen LogP contribution in [0.1, 0.15) is 27.0 Å². The molecule has 1 aliphatic heterocycles. The van der Waals surface area contributed by atoms with Gasteiger partial charge in [-0.05, 0) is 47.5 Å². The Bertz CT molecular complexity index is 1320. The largest absolute Gasteiger partial charge is 0.481 e. The number of ether oxygens (including phenoxy) is 1. The summed E-state index contributed by atoms with van der Waals surface area (Å²) in [5, 5.41) is 3.49. The molecule has 0 saturated carbocycles. The summed E-state index contributed by atoms with van der Waals surface area (Å²) in [4.78, 5) is 29.7. The van der Waals surface area contributed by atoms with Gasteiger partial charge in [0.25, 0.3) is 5.91 Å². The van der Waals surface area contributed by atoms with E-state index in [4.69, 9.17) is 27.9 Å². The Kier molecular flexibility index (Phi) is 6.27. The summed E-state index contributed by atoms with van der Waals surface area (Å²) in [5.74, 6) is 5.83. The Balaban J connectivity index is 1.58. The van der Waals surface area contributed by atoms with E-state index in [0.29, 0.717) is 44.7 Å². The maximum absolute atomic E-state index is 13.0. The molecule has 1 aromatic heterocycles. The number of halogens is 2. The first kappa shape index (κ1) is 21.6. The number of hydrogen-bond donors (Lipinski definition) is 1. The van der Waals surface area contributed by atoms with E-state index in [1.807, 2.05) is 6.07 Å². The van der Waals surface area contributed by atoms with Gasteiger partial charge in [0, 0.05) is 29.8 Å². The third kappa shape index (κ3) is 4.67. The van der Waals surface area contributed by atoms with Gasteiger partial charge in [0.2, 0.25) is 11.7 Å². The van der Waals surface area contributed by atoms with Gasteiger partial charge < -0.3 is 10.1 Å². The second-order valence-corrected chi connectivity index (χ2v) is 7.78. The van der Waals surface area contributed by atoms with Gasteiger partial charge in [0.15, 0.2) is 0 Å². The lowest BCUT2D eigenvalue weighted by Crippen LogP contribution is -2.27. The standard InChI is InChI=1S/C25H16Cl2N2O3/c1-32-23-10-7-16(14-28-23)4-2-3-15-6-9-22-18(11-15)24(30)19(25(31)29-22)12-17-5-8-20(26)21(27)13-17/h5-14H,4H2,1H3,(H,29,31). The van der Waals surface area contributed by atoms with Gasteiger partial charge in [-0.2, -0.15) is 0 Å². The maximum Gasteiger partial charge on any atom is 0.259 e.